The second kappa shape index (κ2) is 8.06. The molecule has 146 valence electrons. The second-order valence-corrected chi connectivity index (χ2v) is 8.08. The third-order valence-corrected chi connectivity index (χ3v) is 6.19. The molecule has 29 heavy (non-hydrogen) atoms. The summed E-state index contributed by atoms with van der Waals surface area (Å²) in [5.74, 6) is 0.501. The lowest BCUT2D eigenvalue weighted by atomic mass is 9.90. The highest BCUT2D eigenvalue weighted by atomic mass is 35.5. The van der Waals surface area contributed by atoms with Gasteiger partial charge in [0.1, 0.15) is 0 Å². The van der Waals surface area contributed by atoms with E-state index in [1.165, 1.54) is 22.3 Å². The summed E-state index contributed by atoms with van der Waals surface area (Å²) in [6, 6.07) is 28.0. The van der Waals surface area contributed by atoms with Crippen molar-refractivity contribution in [2.45, 2.75) is 24.3 Å². The Morgan fingerprint density at radius 1 is 0.897 bits per heavy atom. The van der Waals surface area contributed by atoms with E-state index >= 15 is 0 Å². The van der Waals surface area contributed by atoms with Crippen LogP contribution in [-0.2, 0) is 12.0 Å². The molecule has 1 saturated carbocycles. The molecule has 0 N–H and O–H groups in total. The zero-order valence-electron chi connectivity index (χ0n) is 15.9. The van der Waals surface area contributed by atoms with Crippen LogP contribution in [0.2, 0.25) is 5.02 Å². The Hall–Kier alpha value is -2.55. The molecule has 0 saturated heterocycles. The van der Waals surface area contributed by atoms with Gasteiger partial charge in [0.05, 0.1) is 6.33 Å². The topological polar surface area (TPSA) is 17.8 Å². The first kappa shape index (κ1) is 19.8. The molecule has 0 spiro atoms. The smallest absolute Gasteiger partial charge is 0.0946 e. The summed E-state index contributed by atoms with van der Waals surface area (Å²) in [6.07, 6.45) is 6.94. The molecule has 0 amide bonds. The van der Waals surface area contributed by atoms with Gasteiger partial charge in [0.2, 0.25) is 0 Å². The van der Waals surface area contributed by atoms with Gasteiger partial charge in [0.25, 0.3) is 0 Å². The van der Waals surface area contributed by atoms with E-state index in [0.717, 1.165) is 18.0 Å². The Balaban J connectivity index is 0.00000205. The van der Waals surface area contributed by atoms with Gasteiger partial charge in [-0.3, -0.25) is 0 Å². The van der Waals surface area contributed by atoms with E-state index in [1.807, 2.05) is 30.9 Å². The largest absolute Gasteiger partial charge is 0.337 e. The van der Waals surface area contributed by atoms with Crippen LogP contribution in [0.1, 0.15) is 23.5 Å². The summed E-state index contributed by atoms with van der Waals surface area (Å²) in [4.78, 5) is 4.23. The molecule has 3 aromatic carbocycles. The summed E-state index contributed by atoms with van der Waals surface area (Å²) in [7, 11) is 0. The van der Waals surface area contributed by atoms with Crippen molar-refractivity contribution in [1.29, 1.82) is 0 Å². The average Bonchev–Trinajstić information content (AvgIpc) is 3.23. The lowest BCUT2D eigenvalue weighted by Crippen LogP contribution is -2.17. The maximum Gasteiger partial charge on any atom is 0.0946 e. The maximum atomic E-state index is 6.14. The molecule has 0 bridgehead atoms. The standard InChI is InChI=1S/C25H21ClN2.ClH/c26-23-12-10-22(11-13-23)25(17-28-15-14-27-18-28)16-24(25)21-8-6-20(7-9-21)19-4-2-1-3-5-19;/h1-15,18,24H,16-17H2;1H. The molecule has 2 atom stereocenters. The van der Waals surface area contributed by atoms with Crippen molar-refractivity contribution in [3.8, 4) is 11.1 Å². The monoisotopic (exact) mass is 420 g/mol. The maximum absolute atomic E-state index is 6.14. The number of imidazole rings is 1. The Labute approximate surface area is 182 Å². The van der Waals surface area contributed by atoms with Crippen LogP contribution in [0, 0.1) is 0 Å². The average molecular weight is 421 g/mol. The van der Waals surface area contributed by atoms with Crippen LogP contribution in [0.4, 0.5) is 0 Å². The Morgan fingerprint density at radius 2 is 1.59 bits per heavy atom. The van der Waals surface area contributed by atoms with Crippen molar-refractivity contribution in [2.24, 2.45) is 0 Å². The van der Waals surface area contributed by atoms with Crippen molar-refractivity contribution in [1.82, 2.24) is 9.55 Å². The van der Waals surface area contributed by atoms with E-state index in [9.17, 15) is 0 Å². The van der Waals surface area contributed by atoms with E-state index in [2.05, 4.69) is 76.3 Å². The highest BCUT2D eigenvalue weighted by Gasteiger charge is 2.55. The molecular weight excluding hydrogens is 399 g/mol. The van der Waals surface area contributed by atoms with Gasteiger partial charge in [-0.05, 0) is 46.7 Å². The van der Waals surface area contributed by atoms with Crippen LogP contribution >= 0.6 is 24.0 Å². The molecule has 1 aliphatic rings. The lowest BCUT2D eigenvalue weighted by molar-refractivity contribution is 0.532. The summed E-state index contributed by atoms with van der Waals surface area (Å²) in [5.41, 5.74) is 5.36. The van der Waals surface area contributed by atoms with Crippen LogP contribution in [0.25, 0.3) is 11.1 Å². The quantitative estimate of drug-likeness (QED) is 0.349. The third-order valence-electron chi connectivity index (χ3n) is 5.94. The van der Waals surface area contributed by atoms with Crippen LogP contribution in [0.3, 0.4) is 0 Å². The number of hydrogen-bond donors (Lipinski definition) is 0. The minimum absolute atomic E-state index is 0. The molecule has 1 aromatic heterocycles. The predicted molar refractivity (Wildman–Crippen MR) is 122 cm³/mol. The Bertz CT molecular complexity index is 1060. The molecule has 2 nitrogen and oxygen atoms in total. The van der Waals surface area contributed by atoms with Gasteiger partial charge in [0.15, 0.2) is 0 Å². The second-order valence-electron chi connectivity index (χ2n) is 7.64. The van der Waals surface area contributed by atoms with Gasteiger partial charge in [-0.1, -0.05) is 78.3 Å². The summed E-state index contributed by atoms with van der Waals surface area (Å²) in [6.45, 7) is 0.930. The van der Waals surface area contributed by atoms with Gasteiger partial charge in [-0.2, -0.15) is 0 Å². The molecule has 2 unspecified atom stereocenters. The van der Waals surface area contributed by atoms with Crippen molar-refractivity contribution in [3.63, 3.8) is 0 Å². The highest BCUT2D eigenvalue weighted by Crippen LogP contribution is 2.61. The normalized spacial score (nSPS) is 20.1. The molecule has 0 radical (unpaired) electrons. The summed E-state index contributed by atoms with van der Waals surface area (Å²) < 4.78 is 2.19. The number of rotatable bonds is 5. The molecule has 5 rings (SSSR count). The first-order valence-corrected chi connectivity index (χ1v) is 10.00. The molecule has 0 aliphatic heterocycles. The molecule has 4 aromatic rings. The van der Waals surface area contributed by atoms with Gasteiger partial charge in [-0.25, -0.2) is 4.98 Å². The van der Waals surface area contributed by atoms with Crippen LogP contribution in [0.5, 0.6) is 0 Å². The number of halogens is 2. The van der Waals surface area contributed by atoms with E-state index in [0.29, 0.717) is 5.92 Å². The van der Waals surface area contributed by atoms with Crippen molar-refractivity contribution in [2.75, 3.05) is 0 Å². The number of aromatic nitrogens is 2. The van der Waals surface area contributed by atoms with Crippen LogP contribution in [0.15, 0.2) is 97.6 Å². The fraction of sp³-hybridized carbons (Fsp3) is 0.160. The highest BCUT2D eigenvalue weighted by molar-refractivity contribution is 6.30. The van der Waals surface area contributed by atoms with Gasteiger partial charge >= 0.3 is 0 Å². The first-order valence-electron chi connectivity index (χ1n) is 9.62. The molecule has 4 heteroatoms. The number of benzene rings is 3. The molecule has 1 fully saturated rings. The zero-order valence-corrected chi connectivity index (χ0v) is 17.5. The minimum Gasteiger partial charge on any atom is -0.337 e. The van der Waals surface area contributed by atoms with E-state index in [-0.39, 0.29) is 17.8 Å². The van der Waals surface area contributed by atoms with Gasteiger partial charge < -0.3 is 4.57 Å². The van der Waals surface area contributed by atoms with Crippen molar-refractivity contribution < 1.29 is 0 Å². The van der Waals surface area contributed by atoms with Crippen LogP contribution < -0.4 is 0 Å². The lowest BCUT2D eigenvalue weighted by Gasteiger charge is -2.19. The predicted octanol–water partition coefficient (Wildman–Crippen LogP) is 6.75. The minimum atomic E-state index is 0. The number of hydrogen-bond acceptors (Lipinski definition) is 1. The number of nitrogens with zero attached hydrogens (tertiary/aromatic N) is 2. The van der Waals surface area contributed by atoms with Gasteiger partial charge in [0, 0.05) is 29.4 Å². The van der Waals surface area contributed by atoms with Crippen LogP contribution in [-0.4, -0.2) is 9.55 Å². The van der Waals surface area contributed by atoms with E-state index in [4.69, 9.17) is 11.6 Å². The van der Waals surface area contributed by atoms with E-state index < -0.39 is 0 Å². The van der Waals surface area contributed by atoms with Crippen molar-refractivity contribution >= 4 is 24.0 Å². The zero-order chi connectivity index (χ0) is 19.0. The van der Waals surface area contributed by atoms with Crippen molar-refractivity contribution in [3.05, 3.63) is 114 Å². The Kier molecular flexibility index (Phi) is 5.49. The fourth-order valence-electron chi connectivity index (χ4n) is 4.35. The third kappa shape index (κ3) is 3.83. The fourth-order valence-corrected chi connectivity index (χ4v) is 4.48. The summed E-state index contributed by atoms with van der Waals surface area (Å²) >= 11 is 6.14. The molecular formula is C25H22Cl2N2. The SMILES string of the molecule is Cl.Clc1ccc(C2(Cn3ccnc3)CC2c2ccc(-c3ccccc3)cc2)cc1. The van der Waals surface area contributed by atoms with E-state index in [1.54, 1.807) is 0 Å². The Morgan fingerprint density at radius 3 is 2.24 bits per heavy atom. The first-order chi connectivity index (χ1) is 13.7. The summed E-state index contributed by atoms with van der Waals surface area (Å²) in [5, 5.41) is 0.783. The van der Waals surface area contributed by atoms with Gasteiger partial charge in [-0.15, -0.1) is 12.4 Å². The molecule has 1 heterocycles. The molecule has 1 aliphatic carbocycles.